The predicted octanol–water partition coefficient (Wildman–Crippen LogP) is 3.45. The molecule has 4 aliphatic rings. The van der Waals surface area contributed by atoms with Gasteiger partial charge in [-0.25, -0.2) is 4.99 Å². The van der Waals surface area contributed by atoms with Crippen molar-refractivity contribution >= 4 is 17.6 Å². The minimum atomic E-state index is -1.77. The average molecular weight is 857 g/mol. The fourth-order valence-corrected chi connectivity index (χ4v) is 9.88. The molecule has 3 N–H and O–H groups in total. The first-order chi connectivity index (χ1) is 28.0. The first kappa shape index (κ1) is 50.7. The van der Waals surface area contributed by atoms with Gasteiger partial charge in [-0.05, 0) is 80.8 Å². The van der Waals surface area contributed by atoms with Crippen LogP contribution < -0.4 is 0 Å². The van der Waals surface area contributed by atoms with Crippen LogP contribution in [0.2, 0.25) is 0 Å². The van der Waals surface area contributed by atoms with Gasteiger partial charge in [-0.1, -0.05) is 39.8 Å². The molecule has 0 radical (unpaired) electrons. The van der Waals surface area contributed by atoms with Gasteiger partial charge in [0.1, 0.15) is 30.5 Å². The molecule has 16 nitrogen and oxygen atoms in total. The van der Waals surface area contributed by atoms with Crippen molar-refractivity contribution in [1.29, 1.82) is 0 Å². The Labute approximate surface area is 357 Å². The molecule has 0 aromatic carbocycles. The summed E-state index contributed by atoms with van der Waals surface area (Å²) in [6.45, 7) is 18.1. The van der Waals surface area contributed by atoms with Crippen molar-refractivity contribution in [1.82, 2.24) is 4.90 Å². The minimum Gasteiger partial charge on any atom is -0.459 e. The minimum absolute atomic E-state index is 0.0762. The smallest absolute Gasteiger partial charge is 0.311 e. The zero-order chi connectivity index (χ0) is 44.9. The van der Waals surface area contributed by atoms with Gasteiger partial charge >= 0.3 is 5.97 Å². The second-order valence-corrected chi connectivity index (χ2v) is 18.5. The van der Waals surface area contributed by atoms with Crippen LogP contribution in [-0.4, -0.2) is 170 Å². The summed E-state index contributed by atoms with van der Waals surface area (Å²) in [6, 6.07) is -0.294. The number of methoxy groups -OCH3 is 2. The van der Waals surface area contributed by atoms with Crippen molar-refractivity contribution in [3.05, 3.63) is 12.2 Å². The van der Waals surface area contributed by atoms with E-state index in [0.717, 1.165) is 0 Å². The van der Waals surface area contributed by atoms with E-state index in [9.17, 15) is 24.9 Å². The molecule has 0 aliphatic carbocycles. The summed E-state index contributed by atoms with van der Waals surface area (Å²) in [5.41, 5.74) is -3.62. The highest BCUT2D eigenvalue weighted by molar-refractivity contribution is 5.99. The number of hydrogen-bond donors (Lipinski definition) is 3. The molecular formula is C44H76N2O14. The third-order valence-corrected chi connectivity index (χ3v) is 13.4. The average Bonchev–Trinajstić information content (AvgIpc) is 3.18. The number of carbonyl (C=O) groups is 2. The Bertz CT molecular complexity index is 1480. The van der Waals surface area contributed by atoms with E-state index in [-0.39, 0.29) is 51.2 Å². The number of aliphatic hydroxyl groups excluding tert-OH is 2. The zero-order valence-corrected chi connectivity index (χ0v) is 38.5. The molecule has 16 heteroatoms. The van der Waals surface area contributed by atoms with Gasteiger partial charge < -0.3 is 62.9 Å². The van der Waals surface area contributed by atoms with Gasteiger partial charge in [0.25, 0.3) is 5.91 Å². The summed E-state index contributed by atoms with van der Waals surface area (Å²) in [5.74, 6) is -4.04. The van der Waals surface area contributed by atoms with Crippen LogP contribution in [0.25, 0.3) is 0 Å². The summed E-state index contributed by atoms with van der Waals surface area (Å²) in [4.78, 5) is 34.5. The first-order valence-electron chi connectivity index (χ1n) is 21.7. The molecule has 0 spiro atoms. The Morgan fingerprint density at radius 3 is 2.25 bits per heavy atom. The molecule has 346 valence electrons. The first-order valence-corrected chi connectivity index (χ1v) is 21.7. The summed E-state index contributed by atoms with van der Waals surface area (Å²) in [5, 5.41) is 35.5. The fraction of sp³-hybridized carbons (Fsp3) is 0.886. The highest BCUT2D eigenvalue weighted by Gasteiger charge is 2.54. The van der Waals surface area contributed by atoms with E-state index in [0.29, 0.717) is 12.1 Å². The van der Waals surface area contributed by atoms with E-state index in [2.05, 4.69) is 4.99 Å². The summed E-state index contributed by atoms with van der Waals surface area (Å²) < 4.78 is 57.2. The molecule has 0 aromatic heterocycles. The number of hydrogen-bond acceptors (Lipinski definition) is 15. The molecule has 4 heterocycles. The maximum Gasteiger partial charge on any atom is 0.311 e. The van der Waals surface area contributed by atoms with E-state index in [4.69, 9.17) is 42.6 Å². The summed E-state index contributed by atoms with van der Waals surface area (Å²) >= 11 is 0. The number of esters is 1. The van der Waals surface area contributed by atoms with Gasteiger partial charge in [-0.3, -0.25) is 9.59 Å². The van der Waals surface area contributed by atoms with Gasteiger partial charge in [0, 0.05) is 44.2 Å². The molecular weight excluding hydrogens is 780 g/mol. The molecule has 0 unspecified atom stereocenters. The standard InChI is InChI=1S/C44H76N2O14/c1-15-31-44(10,51)39-26(4)34(45-32(47)23-52-13)24(2)21-43(9,55-19-17-16-18-54-39)38(60-41-35(48)30(46(11)12)20-25(3)56-41)27(5)36(28(6)40(50)58-31)59-33-22-42(8,53-14)37(49)29(7)57-33/h16-17,24-31,33,35-39,41,48-49,51H,15,18-23H2,1-14H3/b17-16-,45-34?/t24-,25-,26+,27+,28-,29+,30+,31-,33+,35-,36+,37+,38-,39-,41+,42-,43+,44-/m1/s1. The highest BCUT2D eigenvalue weighted by atomic mass is 16.7. The van der Waals surface area contributed by atoms with Gasteiger partial charge in [0.2, 0.25) is 0 Å². The van der Waals surface area contributed by atoms with E-state index in [1.54, 1.807) is 33.8 Å². The number of fused-ring (bicyclic) bond motifs is 5. The van der Waals surface area contributed by atoms with E-state index in [1.165, 1.54) is 14.2 Å². The number of aliphatic hydroxyl groups is 3. The molecule has 0 saturated carbocycles. The SMILES string of the molecule is CC[C@H]1OC(=O)[C@H](C)[C@@H](O[C@H]2C[C@@](C)(OC)[C@@H](O)[C@H](C)O2)[C@H](C)[C@@H](O[C@@H]2O[C@H](C)C[C@H](N(C)C)[C@H]2O)[C@]2(C)C[C@@H](C)C(=NC(=O)COC)[C@H](C)[C@@H](OC/C=C\CO2)[C@]1(C)O. The monoisotopic (exact) mass is 857 g/mol. The maximum absolute atomic E-state index is 14.6. The zero-order valence-electron chi connectivity index (χ0n) is 38.5. The second-order valence-electron chi connectivity index (χ2n) is 18.5. The number of ether oxygens (including phenoxy) is 9. The van der Waals surface area contributed by atoms with Crippen LogP contribution in [0, 0.1) is 23.7 Å². The van der Waals surface area contributed by atoms with Crippen LogP contribution in [-0.2, 0) is 52.2 Å². The normalized spacial score (nSPS) is 46.5. The van der Waals surface area contributed by atoms with Crippen molar-refractivity contribution in [2.75, 3.05) is 48.1 Å². The van der Waals surface area contributed by atoms with Crippen LogP contribution in [0.5, 0.6) is 0 Å². The number of nitrogens with zero attached hydrogens (tertiary/aromatic N) is 2. The molecule has 18 atom stereocenters. The molecule has 4 rings (SSSR count). The molecule has 60 heavy (non-hydrogen) atoms. The Kier molecular flexibility index (Phi) is 17.9. The lowest BCUT2D eigenvalue weighted by Crippen LogP contribution is -2.62. The predicted molar refractivity (Wildman–Crippen MR) is 222 cm³/mol. The van der Waals surface area contributed by atoms with Gasteiger partial charge in [0.05, 0.1) is 60.9 Å². The number of carbonyl (C=O) groups excluding carboxylic acids is 2. The quantitative estimate of drug-likeness (QED) is 0.226. The summed E-state index contributed by atoms with van der Waals surface area (Å²) in [7, 11) is 6.74. The van der Waals surface area contributed by atoms with Crippen LogP contribution in [0.1, 0.15) is 94.9 Å². The van der Waals surface area contributed by atoms with E-state index >= 15 is 0 Å². The lowest BCUT2D eigenvalue weighted by atomic mass is 9.73. The lowest BCUT2D eigenvalue weighted by Gasteiger charge is -2.50. The third-order valence-electron chi connectivity index (χ3n) is 13.4. The lowest BCUT2D eigenvalue weighted by molar-refractivity contribution is -0.320. The number of rotatable bonds is 9. The van der Waals surface area contributed by atoms with E-state index in [1.807, 2.05) is 66.6 Å². The summed E-state index contributed by atoms with van der Waals surface area (Å²) in [6.07, 6.45) is -4.29. The van der Waals surface area contributed by atoms with Gasteiger partial charge in [-0.2, -0.15) is 0 Å². The fourth-order valence-electron chi connectivity index (χ4n) is 9.88. The van der Waals surface area contributed by atoms with Crippen molar-refractivity contribution < 1.29 is 67.5 Å². The topological polar surface area (TPSA) is 193 Å². The number of likely N-dealkylation sites (N-methyl/N-ethyl adjacent to an activating group) is 1. The van der Waals surface area contributed by atoms with E-state index < -0.39 is 108 Å². The Hall–Kier alpha value is -1.93. The van der Waals surface area contributed by atoms with Gasteiger partial charge in [0.15, 0.2) is 12.6 Å². The Balaban J connectivity index is 2.00. The van der Waals surface area contributed by atoms with Crippen LogP contribution in [0.3, 0.4) is 0 Å². The van der Waals surface area contributed by atoms with Crippen molar-refractivity contribution in [3.63, 3.8) is 0 Å². The number of amides is 1. The molecule has 2 bridgehead atoms. The maximum atomic E-state index is 14.6. The number of aliphatic imine (C=N–C) groups is 1. The van der Waals surface area contributed by atoms with Crippen LogP contribution in [0.4, 0.5) is 0 Å². The third kappa shape index (κ3) is 11.4. The molecule has 4 aliphatic heterocycles. The van der Waals surface area contributed by atoms with Crippen molar-refractivity contribution in [3.8, 4) is 0 Å². The molecule has 3 fully saturated rings. The molecule has 0 aromatic rings. The van der Waals surface area contributed by atoms with Gasteiger partial charge in [-0.15, -0.1) is 0 Å². The van der Waals surface area contributed by atoms with Crippen molar-refractivity contribution in [2.45, 2.75) is 179 Å². The molecule has 1 amide bonds. The largest absolute Gasteiger partial charge is 0.459 e. The van der Waals surface area contributed by atoms with Crippen LogP contribution in [0.15, 0.2) is 17.1 Å². The van der Waals surface area contributed by atoms with Crippen molar-refractivity contribution in [2.24, 2.45) is 28.7 Å². The molecule has 3 saturated heterocycles. The highest BCUT2D eigenvalue weighted by Crippen LogP contribution is 2.43. The number of cyclic esters (lactones) is 1. The Morgan fingerprint density at radius 1 is 0.967 bits per heavy atom. The Morgan fingerprint density at radius 2 is 1.63 bits per heavy atom. The van der Waals surface area contributed by atoms with Crippen LogP contribution >= 0.6 is 0 Å². The second kappa shape index (κ2) is 21.2.